The van der Waals surface area contributed by atoms with E-state index in [2.05, 4.69) is 0 Å². The van der Waals surface area contributed by atoms with Crippen molar-refractivity contribution in [1.82, 2.24) is 4.57 Å². The van der Waals surface area contributed by atoms with Crippen molar-refractivity contribution in [2.45, 2.75) is 25.8 Å². The lowest BCUT2D eigenvalue weighted by atomic mass is 10.1. The van der Waals surface area contributed by atoms with Gasteiger partial charge in [-0.25, -0.2) is 0 Å². The molecule has 0 spiro atoms. The standard InChI is InChI=1S/C23H21FN2O3/c24-13-4-1-5-14-25-16-23(20-12-11-18(26(27)28)15-21(20)25)29-22-10-6-8-17-7-2-3-9-19(17)22/h2-3,6-12,15-16H,1,4-5,13-14H2. The average Bonchev–Trinajstić information content (AvgIpc) is 3.08. The van der Waals surface area contributed by atoms with Gasteiger partial charge < -0.3 is 9.30 Å². The number of aryl methyl sites for hydroxylation is 1. The first-order valence-electron chi connectivity index (χ1n) is 9.66. The van der Waals surface area contributed by atoms with Crippen molar-refractivity contribution in [3.63, 3.8) is 0 Å². The van der Waals surface area contributed by atoms with Crippen LogP contribution >= 0.6 is 0 Å². The van der Waals surface area contributed by atoms with Crippen LogP contribution < -0.4 is 4.74 Å². The predicted octanol–water partition coefficient (Wildman–Crippen LogP) is 6.63. The summed E-state index contributed by atoms with van der Waals surface area (Å²) in [6, 6.07) is 18.7. The molecule has 29 heavy (non-hydrogen) atoms. The Hall–Kier alpha value is -3.41. The van der Waals surface area contributed by atoms with E-state index < -0.39 is 4.92 Å². The van der Waals surface area contributed by atoms with Crippen molar-refractivity contribution >= 4 is 27.4 Å². The number of hydrogen-bond acceptors (Lipinski definition) is 3. The summed E-state index contributed by atoms with van der Waals surface area (Å²) < 4.78 is 20.6. The van der Waals surface area contributed by atoms with E-state index in [-0.39, 0.29) is 12.4 Å². The second-order valence-corrected chi connectivity index (χ2v) is 6.97. The van der Waals surface area contributed by atoms with Crippen LogP contribution in [0.1, 0.15) is 19.3 Å². The van der Waals surface area contributed by atoms with Crippen LogP contribution in [-0.4, -0.2) is 16.2 Å². The Kier molecular flexibility index (Phi) is 5.42. The van der Waals surface area contributed by atoms with Crippen LogP contribution in [0.15, 0.2) is 66.9 Å². The number of aromatic nitrogens is 1. The molecule has 6 heteroatoms. The van der Waals surface area contributed by atoms with Gasteiger partial charge in [0.2, 0.25) is 0 Å². The van der Waals surface area contributed by atoms with Crippen molar-refractivity contribution in [3.8, 4) is 11.5 Å². The molecule has 4 aromatic rings. The van der Waals surface area contributed by atoms with Crippen molar-refractivity contribution in [2.24, 2.45) is 0 Å². The molecule has 0 aliphatic rings. The summed E-state index contributed by atoms with van der Waals surface area (Å²) in [7, 11) is 0. The Morgan fingerprint density at radius 2 is 1.76 bits per heavy atom. The summed E-state index contributed by atoms with van der Waals surface area (Å²) >= 11 is 0. The maximum Gasteiger partial charge on any atom is 0.271 e. The van der Waals surface area contributed by atoms with Crippen LogP contribution in [0, 0.1) is 10.1 Å². The fraction of sp³-hybridized carbons (Fsp3) is 0.217. The van der Waals surface area contributed by atoms with Gasteiger partial charge in [-0.2, -0.15) is 0 Å². The zero-order valence-corrected chi connectivity index (χ0v) is 15.9. The van der Waals surface area contributed by atoms with Gasteiger partial charge in [0.1, 0.15) is 5.75 Å². The first kappa shape index (κ1) is 18.9. The number of fused-ring (bicyclic) bond motifs is 2. The monoisotopic (exact) mass is 392 g/mol. The normalized spacial score (nSPS) is 11.2. The van der Waals surface area contributed by atoms with Crippen molar-refractivity contribution < 1.29 is 14.1 Å². The number of nitro groups is 1. The summed E-state index contributed by atoms with van der Waals surface area (Å²) in [6.07, 6.45) is 3.97. The summed E-state index contributed by atoms with van der Waals surface area (Å²) in [4.78, 5) is 10.8. The second-order valence-electron chi connectivity index (χ2n) is 6.97. The zero-order valence-electron chi connectivity index (χ0n) is 15.9. The van der Waals surface area contributed by atoms with Crippen LogP contribution in [0.5, 0.6) is 11.5 Å². The smallest absolute Gasteiger partial charge is 0.271 e. The molecule has 148 valence electrons. The van der Waals surface area contributed by atoms with Gasteiger partial charge >= 0.3 is 0 Å². The van der Waals surface area contributed by atoms with Gasteiger partial charge in [-0.3, -0.25) is 14.5 Å². The average molecular weight is 392 g/mol. The third-order valence-corrected chi connectivity index (χ3v) is 5.04. The summed E-state index contributed by atoms with van der Waals surface area (Å²) in [5.74, 6) is 1.38. The highest BCUT2D eigenvalue weighted by atomic mass is 19.1. The highest BCUT2D eigenvalue weighted by Crippen LogP contribution is 2.36. The van der Waals surface area contributed by atoms with Gasteiger partial charge in [-0.1, -0.05) is 36.4 Å². The van der Waals surface area contributed by atoms with E-state index in [0.717, 1.165) is 40.3 Å². The molecule has 0 amide bonds. The second kappa shape index (κ2) is 8.31. The number of halogens is 1. The van der Waals surface area contributed by atoms with E-state index in [4.69, 9.17) is 4.74 Å². The Morgan fingerprint density at radius 3 is 2.59 bits per heavy atom. The Morgan fingerprint density at radius 1 is 0.931 bits per heavy atom. The molecular formula is C23H21FN2O3. The quantitative estimate of drug-likeness (QED) is 0.192. The number of hydrogen-bond donors (Lipinski definition) is 0. The molecule has 0 aliphatic carbocycles. The molecule has 1 aromatic heterocycles. The van der Waals surface area contributed by atoms with Gasteiger partial charge in [-0.05, 0) is 36.8 Å². The molecule has 0 fully saturated rings. The number of non-ortho nitro benzene ring substituents is 1. The fourth-order valence-electron chi connectivity index (χ4n) is 3.58. The van der Waals surface area contributed by atoms with Crippen LogP contribution in [0.4, 0.5) is 10.1 Å². The molecule has 0 saturated heterocycles. The number of nitrogens with zero attached hydrogens (tertiary/aromatic N) is 2. The summed E-state index contributed by atoms with van der Waals surface area (Å²) in [5, 5.41) is 14.1. The maximum absolute atomic E-state index is 12.4. The Balaban J connectivity index is 1.74. The van der Waals surface area contributed by atoms with Crippen LogP contribution in [-0.2, 0) is 6.54 Å². The third kappa shape index (κ3) is 3.92. The van der Waals surface area contributed by atoms with E-state index in [0.29, 0.717) is 18.7 Å². The molecular weight excluding hydrogens is 371 g/mol. The van der Waals surface area contributed by atoms with Gasteiger partial charge in [0.25, 0.3) is 5.69 Å². The van der Waals surface area contributed by atoms with Crippen molar-refractivity contribution in [2.75, 3.05) is 6.67 Å². The van der Waals surface area contributed by atoms with Gasteiger partial charge in [0.05, 0.1) is 17.1 Å². The van der Waals surface area contributed by atoms with E-state index in [1.807, 2.05) is 53.2 Å². The molecule has 0 unspecified atom stereocenters. The van der Waals surface area contributed by atoms with E-state index >= 15 is 0 Å². The number of ether oxygens (including phenoxy) is 1. The first-order chi connectivity index (χ1) is 14.2. The van der Waals surface area contributed by atoms with Gasteiger partial charge in [0.15, 0.2) is 5.75 Å². The Bertz CT molecular complexity index is 1160. The maximum atomic E-state index is 12.4. The van der Waals surface area contributed by atoms with E-state index in [1.54, 1.807) is 12.1 Å². The first-order valence-corrected chi connectivity index (χ1v) is 9.66. The lowest BCUT2D eigenvalue weighted by Gasteiger charge is -2.08. The molecule has 0 aliphatic heterocycles. The molecule has 0 atom stereocenters. The summed E-state index contributed by atoms with van der Waals surface area (Å²) in [5.41, 5.74) is 0.784. The molecule has 4 rings (SSSR count). The minimum atomic E-state index is -0.398. The number of unbranched alkanes of at least 4 members (excludes halogenated alkanes) is 2. The molecule has 0 bridgehead atoms. The van der Waals surface area contributed by atoms with Gasteiger partial charge in [-0.15, -0.1) is 0 Å². The summed E-state index contributed by atoms with van der Waals surface area (Å²) in [6.45, 7) is 0.323. The van der Waals surface area contributed by atoms with Crippen LogP contribution in [0.3, 0.4) is 0 Å². The molecule has 1 heterocycles. The van der Waals surface area contributed by atoms with Crippen molar-refractivity contribution in [1.29, 1.82) is 0 Å². The van der Waals surface area contributed by atoms with Crippen LogP contribution in [0.2, 0.25) is 0 Å². The Labute approximate surface area is 167 Å². The lowest BCUT2D eigenvalue weighted by Crippen LogP contribution is -1.97. The molecule has 3 aromatic carbocycles. The molecule has 5 nitrogen and oxygen atoms in total. The highest BCUT2D eigenvalue weighted by Gasteiger charge is 2.15. The van der Waals surface area contributed by atoms with E-state index in [9.17, 15) is 14.5 Å². The number of benzene rings is 3. The minimum Gasteiger partial charge on any atom is -0.454 e. The number of nitro benzene ring substituents is 1. The number of rotatable bonds is 8. The van der Waals surface area contributed by atoms with Crippen LogP contribution in [0.25, 0.3) is 21.7 Å². The number of alkyl halides is 1. The van der Waals surface area contributed by atoms with E-state index in [1.165, 1.54) is 6.07 Å². The SMILES string of the molecule is O=[N+]([O-])c1ccc2c(Oc3cccc4ccccc34)cn(CCCCCF)c2c1. The largest absolute Gasteiger partial charge is 0.454 e. The topological polar surface area (TPSA) is 57.3 Å². The highest BCUT2D eigenvalue weighted by molar-refractivity contribution is 5.91. The molecule has 0 N–H and O–H groups in total. The zero-order chi connectivity index (χ0) is 20.2. The third-order valence-electron chi connectivity index (χ3n) is 5.04. The fourth-order valence-corrected chi connectivity index (χ4v) is 3.58. The lowest BCUT2D eigenvalue weighted by molar-refractivity contribution is -0.384. The van der Waals surface area contributed by atoms with Crippen molar-refractivity contribution in [3.05, 3.63) is 77.0 Å². The molecule has 0 radical (unpaired) electrons. The minimum absolute atomic E-state index is 0.0392. The van der Waals surface area contributed by atoms with Gasteiger partial charge in [0, 0.05) is 35.6 Å². The predicted molar refractivity (Wildman–Crippen MR) is 112 cm³/mol. The molecule has 0 saturated carbocycles.